The van der Waals surface area contributed by atoms with Gasteiger partial charge in [-0.3, -0.25) is 14.4 Å². The van der Waals surface area contributed by atoms with Crippen LogP contribution >= 0.6 is 0 Å². The molecule has 0 aliphatic heterocycles. The summed E-state index contributed by atoms with van der Waals surface area (Å²) in [5, 5.41) is 11.5. The van der Waals surface area contributed by atoms with E-state index < -0.39 is 0 Å². The maximum atomic E-state index is 12.4. The van der Waals surface area contributed by atoms with Crippen molar-refractivity contribution >= 4 is 34.8 Å². The first-order chi connectivity index (χ1) is 17.5. The Labute approximate surface area is 208 Å². The number of anilines is 3. The summed E-state index contributed by atoms with van der Waals surface area (Å²) in [4.78, 5) is 36.9. The van der Waals surface area contributed by atoms with E-state index in [0.29, 0.717) is 34.8 Å². The van der Waals surface area contributed by atoms with E-state index in [2.05, 4.69) is 21.3 Å². The van der Waals surface area contributed by atoms with Crippen molar-refractivity contribution < 1.29 is 18.8 Å². The van der Waals surface area contributed by atoms with Crippen molar-refractivity contribution in [3.8, 4) is 0 Å². The zero-order valence-electron chi connectivity index (χ0n) is 19.7. The fourth-order valence-electron chi connectivity index (χ4n) is 3.44. The summed E-state index contributed by atoms with van der Waals surface area (Å²) in [5.41, 5.74) is 4.07. The molecule has 0 aliphatic rings. The number of benzene rings is 3. The van der Waals surface area contributed by atoms with Gasteiger partial charge in [-0.2, -0.15) is 0 Å². The Bertz CT molecular complexity index is 1330. The lowest BCUT2D eigenvalue weighted by molar-refractivity contribution is -0.114. The Hall–Kier alpha value is -4.85. The number of amides is 3. The molecule has 4 rings (SSSR count). The highest BCUT2D eigenvalue weighted by atomic mass is 16.3. The van der Waals surface area contributed by atoms with Crippen LogP contribution in [0.25, 0.3) is 0 Å². The number of aryl methyl sites for hydroxylation is 1. The van der Waals surface area contributed by atoms with E-state index in [0.717, 1.165) is 11.3 Å². The third-order valence-corrected chi connectivity index (χ3v) is 5.31. The summed E-state index contributed by atoms with van der Waals surface area (Å²) < 4.78 is 5.19. The third-order valence-electron chi connectivity index (χ3n) is 5.31. The highest BCUT2D eigenvalue weighted by Crippen LogP contribution is 2.15. The van der Waals surface area contributed by atoms with Crippen LogP contribution in [0, 0.1) is 6.92 Å². The van der Waals surface area contributed by atoms with Gasteiger partial charge in [0.05, 0.1) is 19.4 Å². The van der Waals surface area contributed by atoms with Gasteiger partial charge in [-0.05, 0) is 79.7 Å². The molecule has 0 aliphatic carbocycles. The summed E-state index contributed by atoms with van der Waals surface area (Å²) in [7, 11) is 0. The van der Waals surface area contributed by atoms with Gasteiger partial charge in [0.15, 0.2) is 0 Å². The van der Waals surface area contributed by atoms with Crippen molar-refractivity contribution in [1.29, 1.82) is 0 Å². The average Bonchev–Trinajstić information content (AvgIpc) is 3.41. The Balaban J connectivity index is 1.22. The normalized spacial score (nSPS) is 10.4. The second-order valence-corrected chi connectivity index (χ2v) is 8.14. The van der Waals surface area contributed by atoms with E-state index >= 15 is 0 Å². The van der Waals surface area contributed by atoms with Gasteiger partial charge in [-0.25, -0.2) is 0 Å². The molecule has 0 bridgehead atoms. The van der Waals surface area contributed by atoms with Crippen molar-refractivity contribution in [1.82, 2.24) is 5.32 Å². The van der Waals surface area contributed by atoms with Crippen molar-refractivity contribution in [3.05, 3.63) is 114 Å². The van der Waals surface area contributed by atoms with Crippen LogP contribution in [0.15, 0.2) is 95.6 Å². The molecule has 36 heavy (non-hydrogen) atoms. The summed E-state index contributed by atoms with van der Waals surface area (Å²) >= 11 is 0. The Morgan fingerprint density at radius 1 is 0.722 bits per heavy atom. The molecule has 0 radical (unpaired) electrons. The number of carbonyl (C=O) groups is 3. The topological polar surface area (TPSA) is 112 Å². The van der Waals surface area contributed by atoms with E-state index in [1.807, 2.05) is 25.1 Å². The summed E-state index contributed by atoms with van der Waals surface area (Å²) in [6.45, 7) is 2.29. The molecular formula is C28H26N4O4. The predicted octanol–water partition coefficient (Wildman–Crippen LogP) is 4.82. The molecule has 4 aromatic rings. The van der Waals surface area contributed by atoms with Crippen LogP contribution in [-0.2, 0) is 11.3 Å². The molecular weight excluding hydrogens is 456 g/mol. The molecule has 0 spiro atoms. The second-order valence-electron chi connectivity index (χ2n) is 8.14. The van der Waals surface area contributed by atoms with Gasteiger partial charge in [0.1, 0.15) is 5.76 Å². The van der Waals surface area contributed by atoms with Gasteiger partial charge in [0, 0.05) is 28.2 Å². The molecule has 8 nitrogen and oxygen atoms in total. The van der Waals surface area contributed by atoms with E-state index in [9.17, 15) is 14.4 Å². The molecule has 0 fully saturated rings. The molecule has 0 atom stereocenters. The fourth-order valence-corrected chi connectivity index (χ4v) is 3.44. The smallest absolute Gasteiger partial charge is 0.255 e. The van der Waals surface area contributed by atoms with Gasteiger partial charge >= 0.3 is 0 Å². The lowest BCUT2D eigenvalue weighted by atomic mass is 10.1. The summed E-state index contributed by atoms with van der Waals surface area (Å²) in [6, 6.07) is 24.7. The first-order valence-electron chi connectivity index (χ1n) is 11.4. The number of carbonyl (C=O) groups excluding carboxylic acids is 3. The Morgan fingerprint density at radius 2 is 1.42 bits per heavy atom. The maximum Gasteiger partial charge on any atom is 0.255 e. The van der Waals surface area contributed by atoms with Crippen LogP contribution in [0.3, 0.4) is 0 Å². The van der Waals surface area contributed by atoms with Crippen LogP contribution in [0.1, 0.15) is 32.0 Å². The molecule has 3 amide bonds. The van der Waals surface area contributed by atoms with Gasteiger partial charge in [0.25, 0.3) is 11.8 Å². The number of hydrogen-bond donors (Lipinski definition) is 4. The van der Waals surface area contributed by atoms with Crippen molar-refractivity contribution in [2.24, 2.45) is 0 Å². The monoisotopic (exact) mass is 482 g/mol. The SMILES string of the molecule is Cc1cccc(C(=O)Nc2ccc(NCC(=O)Nc3ccc(C(=O)NCc4ccco4)cc3)cc2)c1. The molecule has 0 saturated carbocycles. The van der Waals surface area contributed by atoms with Crippen LogP contribution < -0.4 is 21.3 Å². The van der Waals surface area contributed by atoms with E-state index in [1.165, 1.54) is 0 Å². The average molecular weight is 483 g/mol. The van der Waals surface area contributed by atoms with Crippen molar-refractivity contribution in [2.45, 2.75) is 13.5 Å². The molecule has 182 valence electrons. The zero-order valence-corrected chi connectivity index (χ0v) is 19.7. The van der Waals surface area contributed by atoms with E-state index in [1.54, 1.807) is 73.0 Å². The lowest BCUT2D eigenvalue weighted by Gasteiger charge is -2.10. The number of hydrogen-bond acceptors (Lipinski definition) is 5. The standard InChI is InChI=1S/C28H26N4O4/c1-19-4-2-5-21(16-19)28(35)32-24-13-11-22(12-14-24)29-18-26(33)31-23-9-7-20(8-10-23)27(34)30-17-25-6-3-15-36-25/h2-16,29H,17-18H2,1H3,(H,30,34)(H,31,33)(H,32,35). The highest BCUT2D eigenvalue weighted by Gasteiger charge is 2.09. The van der Waals surface area contributed by atoms with Gasteiger partial charge < -0.3 is 25.7 Å². The first kappa shape index (κ1) is 24.3. The largest absolute Gasteiger partial charge is 0.467 e. The number of furan rings is 1. The second kappa shape index (κ2) is 11.5. The van der Waals surface area contributed by atoms with Gasteiger partial charge in [-0.1, -0.05) is 17.7 Å². The molecule has 0 saturated heterocycles. The molecule has 1 aromatic heterocycles. The lowest BCUT2D eigenvalue weighted by Crippen LogP contribution is -2.23. The maximum absolute atomic E-state index is 12.4. The first-order valence-corrected chi connectivity index (χ1v) is 11.4. The molecule has 1 heterocycles. The van der Waals surface area contributed by atoms with Crippen LogP contribution in [0.5, 0.6) is 0 Å². The van der Waals surface area contributed by atoms with E-state index in [-0.39, 0.29) is 24.3 Å². The predicted molar refractivity (Wildman–Crippen MR) is 139 cm³/mol. The Kier molecular flexibility index (Phi) is 7.77. The fraction of sp³-hybridized carbons (Fsp3) is 0.107. The highest BCUT2D eigenvalue weighted by molar-refractivity contribution is 6.04. The molecule has 3 aromatic carbocycles. The van der Waals surface area contributed by atoms with Crippen LogP contribution in [0.2, 0.25) is 0 Å². The minimum Gasteiger partial charge on any atom is -0.467 e. The van der Waals surface area contributed by atoms with Crippen LogP contribution in [-0.4, -0.2) is 24.3 Å². The molecule has 0 unspecified atom stereocenters. The van der Waals surface area contributed by atoms with Gasteiger partial charge in [-0.15, -0.1) is 0 Å². The van der Waals surface area contributed by atoms with E-state index in [4.69, 9.17) is 4.42 Å². The summed E-state index contributed by atoms with van der Waals surface area (Å²) in [5.74, 6) is 0.0208. The zero-order chi connectivity index (χ0) is 25.3. The van der Waals surface area contributed by atoms with Crippen molar-refractivity contribution in [3.63, 3.8) is 0 Å². The molecule has 8 heteroatoms. The number of rotatable bonds is 9. The Morgan fingerprint density at radius 3 is 2.11 bits per heavy atom. The number of nitrogens with one attached hydrogen (secondary N) is 4. The molecule has 4 N–H and O–H groups in total. The van der Waals surface area contributed by atoms with Crippen molar-refractivity contribution in [2.75, 3.05) is 22.5 Å². The quantitative estimate of drug-likeness (QED) is 0.273. The van der Waals surface area contributed by atoms with Crippen LogP contribution in [0.4, 0.5) is 17.1 Å². The minimum atomic E-state index is -0.234. The summed E-state index contributed by atoms with van der Waals surface area (Å²) in [6.07, 6.45) is 1.55. The van der Waals surface area contributed by atoms with Gasteiger partial charge in [0.2, 0.25) is 5.91 Å². The third kappa shape index (κ3) is 6.83. The minimum absolute atomic E-state index is 0.0559.